The van der Waals surface area contributed by atoms with Crippen LogP contribution >= 0.6 is 0 Å². The van der Waals surface area contributed by atoms with E-state index >= 15 is 0 Å². The average molecular weight is 411 g/mol. The molecular weight excluding hydrogens is 376 g/mol. The largest absolute Gasteiger partial charge is 0.454 e. The molecule has 1 aliphatic heterocycles. The molecule has 0 radical (unpaired) electrons. The molecule has 1 heterocycles. The lowest BCUT2D eigenvalue weighted by Crippen LogP contribution is -2.58. The highest BCUT2D eigenvalue weighted by Gasteiger charge is 2.48. The van der Waals surface area contributed by atoms with Crippen molar-refractivity contribution in [1.29, 1.82) is 0 Å². The van der Waals surface area contributed by atoms with Crippen molar-refractivity contribution in [3.63, 3.8) is 0 Å². The third-order valence-electron chi connectivity index (χ3n) is 7.13. The number of allylic oxidation sites excluding steroid dienone is 2. The van der Waals surface area contributed by atoms with Crippen molar-refractivity contribution < 1.29 is 34.0 Å². The summed E-state index contributed by atoms with van der Waals surface area (Å²) < 4.78 is 17.0. The lowest BCUT2D eigenvalue weighted by molar-refractivity contribution is -0.307. The summed E-state index contributed by atoms with van der Waals surface area (Å²) in [6.45, 7) is 9.26. The molecule has 2 aliphatic carbocycles. The van der Waals surface area contributed by atoms with Crippen LogP contribution in [0.2, 0.25) is 0 Å². The molecular formula is C22H34O7. The van der Waals surface area contributed by atoms with E-state index in [2.05, 4.69) is 6.92 Å². The van der Waals surface area contributed by atoms with Crippen LogP contribution in [-0.2, 0) is 23.8 Å². The molecule has 0 bridgehead atoms. The van der Waals surface area contributed by atoms with Gasteiger partial charge in [-0.3, -0.25) is 9.59 Å². The fourth-order valence-electron chi connectivity index (χ4n) is 5.04. The molecule has 7 nitrogen and oxygen atoms in total. The van der Waals surface area contributed by atoms with Crippen molar-refractivity contribution in [3.05, 3.63) is 11.1 Å². The number of carbonyl (C=O) groups is 2. The van der Waals surface area contributed by atoms with Gasteiger partial charge in [0.1, 0.15) is 12.2 Å². The first-order chi connectivity index (χ1) is 13.4. The highest BCUT2D eigenvalue weighted by molar-refractivity contribution is 5.96. The van der Waals surface area contributed by atoms with Crippen LogP contribution in [0.5, 0.6) is 0 Å². The summed E-state index contributed by atoms with van der Waals surface area (Å²) in [4.78, 5) is 23.7. The molecule has 1 saturated heterocycles. The van der Waals surface area contributed by atoms with Crippen LogP contribution in [0.3, 0.4) is 0 Å². The van der Waals surface area contributed by atoms with E-state index in [4.69, 9.17) is 14.2 Å². The molecule has 0 aromatic carbocycles. The summed E-state index contributed by atoms with van der Waals surface area (Å²) in [7, 11) is 0. The Balaban J connectivity index is 1.77. The maximum atomic E-state index is 12.3. The normalized spacial score (nSPS) is 38.6. The van der Waals surface area contributed by atoms with Crippen LogP contribution in [0.4, 0.5) is 0 Å². The van der Waals surface area contributed by atoms with Crippen LogP contribution < -0.4 is 0 Å². The van der Waals surface area contributed by atoms with E-state index in [9.17, 15) is 19.8 Å². The second-order valence-electron chi connectivity index (χ2n) is 9.58. The van der Waals surface area contributed by atoms with E-state index in [1.807, 2.05) is 20.8 Å². The van der Waals surface area contributed by atoms with Gasteiger partial charge in [-0.25, -0.2) is 0 Å². The Morgan fingerprint density at radius 2 is 1.97 bits per heavy atom. The number of aliphatic hydroxyl groups excluding tert-OH is 2. The SMILES string of the molecule is CC(=O)O[C@H]1[C@H](OC(C)(C)[C@@H]2CC[C@@]3(C)CCC(=O)C(C)=C3C2)OC[C@@H](O)[C@@H]1O. The van der Waals surface area contributed by atoms with Crippen LogP contribution in [0, 0.1) is 11.3 Å². The Morgan fingerprint density at radius 3 is 2.62 bits per heavy atom. The van der Waals surface area contributed by atoms with Crippen molar-refractivity contribution in [2.75, 3.05) is 6.61 Å². The molecule has 2 N–H and O–H groups in total. The molecule has 0 aromatic heterocycles. The zero-order valence-corrected chi connectivity index (χ0v) is 18.1. The molecule has 1 saturated carbocycles. The fraction of sp³-hybridized carbons (Fsp3) is 0.818. The van der Waals surface area contributed by atoms with E-state index in [1.165, 1.54) is 12.5 Å². The van der Waals surface area contributed by atoms with Crippen LogP contribution in [0.1, 0.15) is 66.7 Å². The highest BCUT2D eigenvalue weighted by atomic mass is 16.7. The van der Waals surface area contributed by atoms with E-state index in [1.54, 1.807) is 0 Å². The number of fused-ring (bicyclic) bond motifs is 1. The van der Waals surface area contributed by atoms with Crippen molar-refractivity contribution in [3.8, 4) is 0 Å². The third-order valence-corrected chi connectivity index (χ3v) is 7.13. The molecule has 3 rings (SSSR count). The minimum absolute atomic E-state index is 0.0759. The monoisotopic (exact) mass is 410 g/mol. The van der Waals surface area contributed by atoms with Gasteiger partial charge in [0.05, 0.1) is 12.2 Å². The summed E-state index contributed by atoms with van der Waals surface area (Å²) >= 11 is 0. The van der Waals surface area contributed by atoms with Gasteiger partial charge in [-0.2, -0.15) is 0 Å². The first-order valence-corrected chi connectivity index (χ1v) is 10.5. The average Bonchev–Trinajstić information content (AvgIpc) is 2.64. The summed E-state index contributed by atoms with van der Waals surface area (Å²) in [6.07, 6.45) is -0.243. The summed E-state index contributed by atoms with van der Waals surface area (Å²) in [5.41, 5.74) is 1.56. The first-order valence-electron chi connectivity index (χ1n) is 10.5. The van der Waals surface area contributed by atoms with Crippen LogP contribution in [0.25, 0.3) is 0 Å². The van der Waals surface area contributed by atoms with Crippen molar-refractivity contribution in [2.45, 2.75) is 96.9 Å². The molecule has 0 aromatic rings. The van der Waals surface area contributed by atoms with Gasteiger partial charge < -0.3 is 24.4 Å². The highest BCUT2D eigenvalue weighted by Crippen LogP contribution is 2.52. The van der Waals surface area contributed by atoms with Crippen molar-refractivity contribution in [1.82, 2.24) is 0 Å². The molecule has 3 aliphatic rings. The van der Waals surface area contributed by atoms with Gasteiger partial charge in [-0.1, -0.05) is 12.5 Å². The van der Waals surface area contributed by atoms with Gasteiger partial charge in [0.15, 0.2) is 18.2 Å². The van der Waals surface area contributed by atoms with Crippen molar-refractivity contribution >= 4 is 11.8 Å². The molecule has 0 spiro atoms. The number of hydrogen-bond acceptors (Lipinski definition) is 7. The Labute approximate surface area is 172 Å². The van der Waals surface area contributed by atoms with E-state index in [-0.39, 0.29) is 23.7 Å². The fourth-order valence-corrected chi connectivity index (χ4v) is 5.04. The summed E-state index contributed by atoms with van der Waals surface area (Å²) in [5.74, 6) is -0.190. The molecule has 29 heavy (non-hydrogen) atoms. The molecule has 0 amide bonds. The Hall–Kier alpha value is -1.28. The smallest absolute Gasteiger partial charge is 0.303 e. The van der Waals surface area contributed by atoms with Crippen LogP contribution in [-0.4, -0.2) is 58.8 Å². The number of Topliss-reactive ketones (excluding diaryl/α,β-unsaturated/α-hetero) is 1. The summed E-state index contributed by atoms with van der Waals surface area (Å²) in [5, 5.41) is 20.2. The standard InChI is InChI=1S/C22H34O7/c1-12-15-10-14(6-8-22(15,5)9-7-16(12)24)21(3,4)29-20-19(28-13(2)23)18(26)17(25)11-27-20/h14,17-20,25-26H,6-11H2,1-5H3/t14-,17-,18+,19-,20+,22+/m1/s1. The van der Waals surface area contributed by atoms with Crippen molar-refractivity contribution in [2.24, 2.45) is 11.3 Å². The zero-order valence-electron chi connectivity index (χ0n) is 18.1. The van der Waals surface area contributed by atoms with Gasteiger partial charge in [0.25, 0.3) is 0 Å². The Kier molecular flexibility index (Phi) is 6.26. The zero-order chi connectivity index (χ0) is 21.6. The predicted molar refractivity (Wildman–Crippen MR) is 105 cm³/mol. The number of hydrogen-bond donors (Lipinski definition) is 2. The third kappa shape index (κ3) is 4.43. The number of rotatable bonds is 4. The number of aliphatic hydroxyl groups is 2. The van der Waals surface area contributed by atoms with E-state index in [0.29, 0.717) is 6.42 Å². The number of ether oxygens (including phenoxy) is 3. The molecule has 2 fully saturated rings. The maximum Gasteiger partial charge on any atom is 0.303 e. The molecule has 0 unspecified atom stereocenters. The minimum Gasteiger partial charge on any atom is -0.454 e. The van der Waals surface area contributed by atoms with E-state index in [0.717, 1.165) is 31.3 Å². The second kappa shape index (κ2) is 8.10. The van der Waals surface area contributed by atoms with Crippen LogP contribution in [0.15, 0.2) is 11.1 Å². The van der Waals surface area contributed by atoms with Gasteiger partial charge in [0, 0.05) is 13.3 Å². The summed E-state index contributed by atoms with van der Waals surface area (Å²) in [6, 6.07) is 0. The molecule has 6 atom stereocenters. The van der Waals surface area contributed by atoms with E-state index < -0.39 is 36.2 Å². The lowest BCUT2D eigenvalue weighted by atomic mass is 9.59. The first kappa shape index (κ1) is 22.4. The number of ketones is 1. The lowest BCUT2D eigenvalue weighted by Gasteiger charge is -2.49. The predicted octanol–water partition coefficient (Wildman–Crippen LogP) is 2.28. The van der Waals surface area contributed by atoms with Gasteiger partial charge in [-0.05, 0) is 63.4 Å². The molecule has 164 valence electrons. The van der Waals surface area contributed by atoms with Gasteiger partial charge >= 0.3 is 5.97 Å². The number of carbonyl (C=O) groups excluding carboxylic acids is 2. The maximum absolute atomic E-state index is 12.3. The minimum atomic E-state index is -1.27. The Morgan fingerprint density at radius 1 is 1.28 bits per heavy atom. The van der Waals surface area contributed by atoms with Gasteiger partial charge in [-0.15, -0.1) is 0 Å². The molecule has 7 heteroatoms. The topological polar surface area (TPSA) is 102 Å². The number of esters is 1. The second-order valence-corrected chi connectivity index (χ2v) is 9.58. The Bertz CT molecular complexity index is 697. The van der Waals surface area contributed by atoms with Gasteiger partial charge in [0.2, 0.25) is 0 Å². The quantitative estimate of drug-likeness (QED) is 0.686.